The van der Waals surface area contributed by atoms with E-state index in [-0.39, 0.29) is 0 Å². The molecule has 0 saturated heterocycles. The van der Waals surface area contributed by atoms with Crippen LogP contribution in [0.4, 0.5) is 0 Å². The molecule has 3 aromatic rings. The van der Waals surface area contributed by atoms with Crippen molar-refractivity contribution < 1.29 is 4.42 Å². The van der Waals surface area contributed by atoms with E-state index in [4.69, 9.17) is 4.42 Å². The maximum Gasteiger partial charge on any atom is 0.247 e. The van der Waals surface area contributed by atoms with Crippen molar-refractivity contribution in [2.24, 2.45) is 0 Å². The van der Waals surface area contributed by atoms with Crippen molar-refractivity contribution in [2.75, 3.05) is 0 Å². The number of hydrogen-bond donors (Lipinski definition) is 0. The number of rotatable bonds is 4. The SMILES string of the molecule is BrCc1cn(Cc2nnc(-c3ccc(Br)cc3)o2)nn1. The highest BCUT2D eigenvalue weighted by Crippen LogP contribution is 2.20. The molecule has 2 aromatic heterocycles. The second-order valence-corrected chi connectivity index (χ2v) is 5.53. The molecule has 2 heterocycles. The van der Waals surface area contributed by atoms with Gasteiger partial charge in [0.05, 0.1) is 5.69 Å². The number of benzene rings is 1. The standard InChI is InChI=1S/C12H9Br2N5O/c13-5-10-6-19(18-15-10)7-11-16-17-12(20-11)8-1-3-9(14)4-2-8/h1-4,6H,5,7H2. The predicted octanol–water partition coefficient (Wildman–Crippen LogP) is 3.03. The van der Waals surface area contributed by atoms with Crippen LogP contribution in [0.2, 0.25) is 0 Å². The smallest absolute Gasteiger partial charge is 0.247 e. The van der Waals surface area contributed by atoms with E-state index in [9.17, 15) is 0 Å². The summed E-state index contributed by atoms with van der Waals surface area (Å²) in [5.74, 6) is 0.988. The predicted molar refractivity (Wildman–Crippen MR) is 79.2 cm³/mol. The van der Waals surface area contributed by atoms with Gasteiger partial charge in [0.25, 0.3) is 0 Å². The van der Waals surface area contributed by atoms with Crippen LogP contribution in [0.15, 0.2) is 39.4 Å². The Morgan fingerprint density at radius 3 is 2.60 bits per heavy atom. The molecule has 0 radical (unpaired) electrons. The summed E-state index contributed by atoms with van der Waals surface area (Å²) < 4.78 is 8.29. The molecule has 0 atom stereocenters. The first-order valence-electron chi connectivity index (χ1n) is 5.78. The molecule has 0 fully saturated rings. The van der Waals surface area contributed by atoms with Crippen molar-refractivity contribution in [3.63, 3.8) is 0 Å². The minimum Gasteiger partial charge on any atom is -0.419 e. The quantitative estimate of drug-likeness (QED) is 0.631. The Morgan fingerprint density at radius 1 is 1.10 bits per heavy atom. The molecule has 0 N–H and O–H groups in total. The third kappa shape index (κ3) is 2.96. The Labute approximate surface area is 131 Å². The van der Waals surface area contributed by atoms with Gasteiger partial charge in [-0.3, -0.25) is 0 Å². The van der Waals surface area contributed by atoms with Gasteiger partial charge in [0.2, 0.25) is 11.8 Å². The Bertz CT molecular complexity index is 707. The summed E-state index contributed by atoms with van der Waals surface area (Å²) in [6.07, 6.45) is 1.83. The molecular weight excluding hydrogens is 390 g/mol. The average Bonchev–Trinajstić information content (AvgIpc) is 3.09. The van der Waals surface area contributed by atoms with Gasteiger partial charge in [-0.05, 0) is 24.3 Å². The number of hydrogen-bond acceptors (Lipinski definition) is 5. The lowest BCUT2D eigenvalue weighted by Crippen LogP contribution is -2.00. The lowest BCUT2D eigenvalue weighted by Gasteiger charge is -1.95. The summed E-state index contributed by atoms with van der Waals surface area (Å²) in [6, 6.07) is 7.69. The third-order valence-electron chi connectivity index (χ3n) is 2.58. The molecule has 0 amide bonds. The first-order chi connectivity index (χ1) is 9.74. The molecule has 8 heteroatoms. The second-order valence-electron chi connectivity index (χ2n) is 4.05. The van der Waals surface area contributed by atoms with Crippen LogP contribution in [-0.2, 0) is 11.9 Å². The van der Waals surface area contributed by atoms with Crippen LogP contribution in [0.3, 0.4) is 0 Å². The summed E-state index contributed by atoms with van der Waals surface area (Å²) in [7, 11) is 0. The van der Waals surface area contributed by atoms with E-state index in [0.717, 1.165) is 15.7 Å². The Kier molecular flexibility index (Phi) is 3.93. The van der Waals surface area contributed by atoms with Gasteiger partial charge >= 0.3 is 0 Å². The zero-order valence-corrected chi connectivity index (χ0v) is 13.4. The minimum atomic E-state index is 0.406. The molecule has 0 aliphatic carbocycles. The Morgan fingerprint density at radius 2 is 1.90 bits per heavy atom. The van der Waals surface area contributed by atoms with Crippen molar-refractivity contribution >= 4 is 31.9 Å². The molecular formula is C12H9Br2N5O. The van der Waals surface area contributed by atoms with Gasteiger partial charge in [0, 0.05) is 21.6 Å². The van der Waals surface area contributed by atoms with Gasteiger partial charge in [0.15, 0.2) is 0 Å². The molecule has 0 aliphatic rings. The Balaban J connectivity index is 1.78. The van der Waals surface area contributed by atoms with E-state index in [0.29, 0.717) is 23.7 Å². The van der Waals surface area contributed by atoms with Crippen LogP contribution in [0, 0.1) is 0 Å². The van der Waals surface area contributed by atoms with Crippen molar-refractivity contribution in [3.8, 4) is 11.5 Å². The lowest BCUT2D eigenvalue weighted by atomic mass is 10.2. The number of alkyl halides is 1. The fraction of sp³-hybridized carbons (Fsp3) is 0.167. The van der Waals surface area contributed by atoms with Crippen molar-refractivity contribution in [2.45, 2.75) is 11.9 Å². The number of aromatic nitrogens is 5. The fourth-order valence-corrected chi connectivity index (χ4v) is 2.16. The molecule has 102 valence electrons. The van der Waals surface area contributed by atoms with Crippen molar-refractivity contribution in [1.82, 2.24) is 25.2 Å². The van der Waals surface area contributed by atoms with E-state index in [1.54, 1.807) is 4.68 Å². The maximum atomic E-state index is 5.62. The van der Waals surface area contributed by atoms with Crippen molar-refractivity contribution in [3.05, 3.63) is 46.5 Å². The van der Waals surface area contributed by atoms with Crippen LogP contribution in [0.25, 0.3) is 11.5 Å². The molecule has 0 unspecified atom stereocenters. The van der Waals surface area contributed by atoms with E-state index in [1.165, 1.54) is 0 Å². The summed E-state index contributed by atoms with van der Waals surface area (Å²) in [5, 5.41) is 16.7. The lowest BCUT2D eigenvalue weighted by molar-refractivity contribution is 0.469. The van der Waals surface area contributed by atoms with Crippen LogP contribution in [-0.4, -0.2) is 25.2 Å². The highest BCUT2D eigenvalue weighted by atomic mass is 79.9. The van der Waals surface area contributed by atoms with E-state index in [1.807, 2.05) is 30.5 Å². The van der Waals surface area contributed by atoms with Crippen LogP contribution in [0.1, 0.15) is 11.6 Å². The molecule has 0 aliphatic heterocycles. The first kappa shape index (κ1) is 13.4. The van der Waals surface area contributed by atoms with Gasteiger partial charge in [-0.2, -0.15) is 0 Å². The van der Waals surface area contributed by atoms with Crippen LogP contribution < -0.4 is 0 Å². The van der Waals surface area contributed by atoms with E-state index >= 15 is 0 Å². The van der Waals surface area contributed by atoms with Gasteiger partial charge in [-0.25, -0.2) is 4.68 Å². The molecule has 0 bridgehead atoms. The molecule has 0 saturated carbocycles. The largest absolute Gasteiger partial charge is 0.419 e. The van der Waals surface area contributed by atoms with Crippen LogP contribution >= 0.6 is 31.9 Å². The summed E-state index contributed by atoms with van der Waals surface area (Å²) in [6.45, 7) is 0.406. The van der Waals surface area contributed by atoms with Crippen molar-refractivity contribution in [1.29, 1.82) is 0 Å². The second kappa shape index (κ2) is 5.84. The molecule has 6 nitrogen and oxygen atoms in total. The molecule has 3 rings (SSSR count). The Hall–Kier alpha value is -1.54. The molecule has 20 heavy (non-hydrogen) atoms. The highest BCUT2D eigenvalue weighted by Gasteiger charge is 2.10. The number of halogens is 2. The fourth-order valence-electron chi connectivity index (χ4n) is 1.64. The third-order valence-corrected chi connectivity index (χ3v) is 3.68. The normalized spacial score (nSPS) is 10.9. The first-order valence-corrected chi connectivity index (χ1v) is 7.69. The topological polar surface area (TPSA) is 69.6 Å². The zero-order valence-electron chi connectivity index (χ0n) is 10.2. The number of nitrogens with zero attached hydrogens (tertiary/aromatic N) is 5. The van der Waals surface area contributed by atoms with Gasteiger partial charge < -0.3 is 4.42 Å². The maximum absolute atomic E-state index is 5.62. The van der Waals surface area contributed by atoms with Crippen LogP contribution in [0.5, 0.6) is 0 Å². The molecule has 0 spiro atoms. The highest BCUT2D eigenvalue weighted by molar-refractivity contribution is 9.10. The van der Waals surface area contributed by atoms with Gasteiger partial charge in [0.1, 0.15) is 6.54 Å². The summed E-state index contributed by atoms with van der Waals surface area (Å²) in [4.78, 5) is 0. The molecule has 1 aromatic carbocycles. The minimum absolute atomic E-state index is 0.406. The summed E-state index contributed by atoms with van der Waals surface area (Å²) in [5.41, 5.74) is 1.74. The van der Waals surface area contributed by atoms with Gasteiger partial charge in [-0.1, -0.05) is 37.1 Å². The summed E-state index contributed by atoms with van der Waals surface area (Å²) >= 11 is 6.71. The average molecular weight is 399 g/mol. The van der Waals surface area contributed by atoms with Gasteiger partial charge in [-0.15, -0.1) is 15.3 Å². The zero-order chi connectivity index (χ0) is 13.9. The van der Waals surface area contributed by atoms with E-state index in [2.05, 4.69) is 52.4 Å². The monoisotopic (exact) mass is 397 g/mol. The van der Waals surface area contributed by atoms with E-state index < -0.39 is 0 Å².